The molecule has 3 saturated carbocycles. The van der Waals surface area contributed by atoms with Crippen molar-refractivity contribution in [3.05, 3.63) is 286 Å². The number of ketones is 3. The van der Waals surface area contributed by atoms with E-state index in [1.165, 1.54) is 0 Å². The number of para-hydroxylation sites is 3. The van der Waals surface area contributed by atoms with Crippen LogP contribution in [0.5, 0.6) is 0 Å². The molecule has 7 fully saturated rings. The van der Waals surface area contributed by atoms with Crippen molar-refractivity contribution in [3.8, 4) is 0 Å². The standard InChI is InChI=1S/3C23H22N2O2.C17H18N2O2/c3*1-16-19-13-14-25(18-11-7-4-8-12-18)22(27)23(19,15-20(24-2)21(16)26)17-9-5-3-6-10-17;1-11-14-7-8-18-16(20)17(14,13-5-3-2-4-6-13)9-12-10-19-21-15(11)12/h3*3-12,16,19-20H,13-15H2,1H3;2-6,10-11,14H,7-9H2,1H3,(H,18,20)/t3*16-,19-,20?,23+;11-,14-,17+/m1000/s1. The quantitative estimate of drug-likeness (QED) is 0.152. The summed E-state index contributed by atoms with van der Waals surface area (Å²) in [6.07, 6.45) is 6.52. The van der Waals surface area contributed by atoms with E-state index >= 15 is 0 Å². The predicted octanol–water partition coefficient (Wildman–Crippen LogP) is 14.0. The summed E-state index contributed by atoms with van der Waals surface area (Å²) >= 11 is 0. The largest absolute Gasteiger partial charge is 0.361 e. The van der Waals surface area contributed by atoms with E-state index in [2.05, 4.69) is 44.1 Å². The topological polar surface area (TPSA) is 180 Å². The number of nitrogens with one attached hydrogen (secondary N) is 1. The molecule has 0 spiro atoms. The summed E-state index contributed by atoms with van der Waals surface area (Å²) < 4.78 is 5.45. The molecule has 4 aliphatic carbocycles. The van der Waals surface area contributed by atoms with Crippen LogP contribution in [-0.4, -0.2) is 90.4 Å². The fourth-order valence-corrected chi connectivity index (χ4v) is 19.2. The number of amides is 4. The number of carbonyl (C=O) groups excluding carboxylic acids is 7. The van der Waals surface area contributed by atoms with Crippen molar-refractivity contribution in [1.29, 1.82) is 0 Å². The Morgan fingerprint density at radius 1 is 0.392 bits per heavy atom. The van der Waals surface area contributed by atoms with E-state index in [1.807, 2.05) is 236 Å². The average Bonchev–Trinajstić information content (AvgIpc) is 1.03. The summed E-state index contributed by atoms with van der Waals surface area (Å²) in [5.74, 6) is 0.500. The van der Waals surface area contributed by atoms with E-state index in [0.29, 0.717) is 26.1 Å². The lowest BCUT2D eigenvalue weighted by molar-refractivity contribution is -0.140. The van der Waals surface area contributed by atoms with Gasteiger partial charge >= 0.3 is 0 Å². The van der Waals surface area contributed by atoms with Crippen molar-refractivity contribution in [1.82, 2.24) is 10.5 Å². The number of nitrogens with zero attached hydrogens (tertiary/aromatic N) is 7. The second kappa shape index (κ2) is 29.0. The van der Waals surface area contributed by atoms with Gasteiger partial charge < -0.3 is 39.1 Å². The minimum absolute atomic E-state index is 0.0116. The van der Waals surface area contributed by atoms with Gasteiger partial charge in [-0.2, -0.15) is 0 Å². The normalized spacial score (nSPS) is 30.7. The molecule has 4 amide bonds. The Morgan fingerprint density at radius 3 is 0.980 bits per heavy atom. The Bertz CT molecular complexity index is 4180. The van der Waals surface area contributed by atoms with Crippen LogP contribution < -0.4 is 20.0 Å². The SMILES string of the molecule is C[C@@H]1c2oncc2C[C@]2(c3ccccc3)C(=O)NCC[C@@H]12.[C-]#[N+]C1C[C@@]2(c3ccccc3)C(=O)N(c3ccccc3)CC[C@@H]2[C@@H](C)C1=O.[C-]#[N+]C1C[C@]2(c3ccccc3)C(=O)N(c3ccccc3)CC[C@H]2[C@H](C)C1=O.[C-]#[N+]C1C[C@]2(c3ccccc3)C(=O)N(c3ccccc3)CC[C@H]2[C@H](C)C1=O. The Balaban J connectivity index is 0.000000122. The first kappa shape index (κ1) is 69.6. The molecular formula is C86H84N8O8. The molecule has 1 N–H and O–H groups in total. The second-order valence-corrected chi connectivity index (χ2v) is 28.9. The molecule has 0 bridgehead atoms. The van der Waals surface area contributed by atoms with Gasteiger partial charge in [0.25, 0.3) is 18.1 Å². The zero-order valence-corrected chi connectivity index (χ0v) is 58.0. The summed E-state index contributed by atoms with van der Waals surface area (Å²) in [4.78, 5) is 109. The number of benzene rings is 7. The Kier molecular flexibility index (Phi) is 19.8. The lowest BCUT2D eigenvalue weighted by Crippen LogP contribution is -2.63. The lowest BCUT2D eigenvalue weighted by Gasteiger charge is -2.51. The summed E-state index contributed by atoms with van der Waals surface area (Å²) in [6.45, 7) is 33.0. The van der Waals surface area contributed by atoms with Gasteiger partial charge in [-0.15, -0.1) is 0 Å². The number of fused-ring (bicyclic) bond motifs is 5. The Hall–Kier alpha value is -10.9. The van der Waals surface area contributed by atoms with Crippen LogP contribution >= 0.6 is 0 Å². The van der Waals surface area contributed by atoms with Gasteiger partial charge in [0.15, 0.2) is 0 Å². The number of rotatable bonds is 7. The highest BCUT2D eigenvalue weighted by atomic mass is 16.5. The van der Waals surface area contributed by atoms with E-state index in [9.17, 15) is 33.6 Å². The van der Waals surface area contributed by atoms with Gasteiger partial charge in [0, 0.05) is 91.7 Å². The van der Waals surface area contributed by atoms with Crippen molar-refractivity contribution in [2.45, 2.75) is 125 Å². The summed E-state index contributed by atoms with van der Waals surface area (Å²) in [5.41, 5.74) is 4.62. The highest BCUT2D eigenvalue weighted by molar-refractivity contribution is 6.07. The maximum atomic E-state index is 13.9. The van der Waals surface area contributed by atoms with Gasteiger partial charge in [0.1, 0.15) is 5.76 Å². The molecule has 7 aromatic carbocycles. The average molecular weight is 1360 g/mol. The van der Waals surface area contributed by atoms with Gasteiger partial charge in [0.05, 0.1) is 27.9 Å². The van der Waals surface area contributed by atoms with Crippen LogP contribution in [0.3, 0.4) is 0 Å². The number of piperidine rings is 4. The van der Waals surface area contributed by atoms with Crippen LogP contribution in [0.2, 0.25) is 0 Å². The fourth-order valence-electron chi connectivity index (χ4n) is 19.2. The molecule has 4 aliphatic heterocycles. The summed E-state index contributed by atoms with van der Waals surface area (Å²) in [6, 6.07) is 66.2. The molecule has 102 heavy (non-hydrogen) atoms. The molecule has 516 valence electrons. The minimum atomic E-state index is -0.822. The molecule has 8 aromatic rings. The van der Waals surface area contributed by atoms with E-state index in [-0.39, 0.29) is 108 Å². The van der Waals surface area contributed by atoms with Crippen LogP contribution in [0.25, 0.3) is 14.5 Å². The molecule has 5 heterocycles. The molecule has 16 rings (SSSR count). The fraction of sp³-hybridized carbons (Fsp3) is 0.360. The molecular weight excluding hydrogens is 1270 g/mol. The monoisotopic (exact) mass is 1360 g/mol. The summed E-state index contributed by atoms with van der Waals surface area (Å²) in [5, 5.41) is 7.03. The van der Waals surface area contributed by atoms with Crippen molar-refractivity contribution >= 4 is 58.0 Å². The number of carbonyl (C=O) groups is 7. The zero-order valence-electron chi connectivity index (χ0n) is 58.0. The van der Waals surface area contributed by atoms with Gasteiger partial charge in [-0.1, -0.05) is 209 Å². The molecule has 0 radical (unpaired) electrons. The third-order valence-corrected chi connectivity index (χ3v) is 24.2. The second-order valence-electron chi connectivity index (χ2n) is 28.9. The number of hydrogen-bond donors (Lipinski definition) is 1. The van der Waals surface area contributed by atoms with Gasteiger partial charge in [-0.25, -0.2) is 19.7 Å². The van der Waals surface area contributed by atoms with E-state index in [4.69, 9.17) is 24.2 Å². The molecule has 3 unspecified atom stereocenters. The predicted molar refractivity (Wildman–Crippen MR) is 390 cm³/mol. The first-order valence-corrected chi connectivity index (χ1v) is 35.8. The van der Waals surface area contributed by atoms with Crippen LogP contribution in [-0.2, 0) is 61.6 Å². The van der Waals surface area contributed by atoms with Gasteiger partial charge in [0.2, 0.25) is 41.0 Å². The van der Waals surface area contributed by atoms with Crippen LogP contribution in [0.15, 0.2) is 223 Å². The summed E-state index contributed by atoms with van der Waals surface area (Å²) in [7, 11) is 0. The number of anilines is 3. The third kappa shape index (κ3) is 11.8. The van der Waals surface area contributed by atoms with Crippen LogP contribution in [0.4, 0.5) is 17.1 Å². The smallest absolute Gasteiger partial charge is 0.282 e. The molecule has 16 nitrogen and oxygen atoms in total. The third-order valence-electron chi connectivity index (χ3n) is 24.2. The zero-order chi connectivity index (χ0) is 71.5. The highest BCUT2D eigenvalue weighted by Gasteiger charge is 2.65. The van der Waals surface area contributed by atoms with Gasteiger partial charge in [-0.05, 0) is 114 Å². The number of aromatic nitrogens is 1. The van der Waals surface area contributed by atoms with Crippen molar-refractivity contribution in [2.24, 2.45) is 41.4 Å². The molecule has 16 heteroatoms. The maximum absolute atomic E-state index is 13.9. The molecule has 15 atom stereocenters. The Morgan fingerprint density at radius 2 is 0.676 bits per heavy atom. The van der Waals surface area contributed by atoms with Crippen LogP contribution in [0, 0.1) is 61.1 Å². The van der Waals surface area contributed by atoms with E-state index < -0.39 is 39.8 Å². The number of Topliss-reactive ketones (excluding diaryl/α,β-unsaturated/α-hetero) is 3. The lowest BCUT2D eigenvalue weighted by atomic mass is 9.54. The van der Waals surface area contributed by atoms with E-state index in [0.717, 1.165) is 82.9 Å². The first-order valence-electron chi connectivity index (χ1n) is 35.8. The van der Waals surface area contributed by atoms with E-state index in [1.54, 1.807) is 6.20 Å². The maximum Gasteiger partial charge on any atom is 0.282 e. The molecule has 8 aliphatic rings. The van der Waals surface area contributed by atoms with Crippen molar-refractivity contribution < 1.29 is 38.1 Å². The van der Waals surface area contributed by atoms with Crippen molar-refractivity contribution in [2.75, 3.05) is 40.9 Å². The first-order chi connectivity index (χ1) is 49.5. The van der Waals surface area contributed by atoms with Crippen LogP contribution in [0.1, 0.15) is 112 Å². The van der Waals surface area contributed by atoms with Crippen molar-refractivity contribution in [3.63, 3.8) is 0 Å². The minimum Gasteiger partial charge on any atom is -0.361 e. The number of hydrogen-bond acceptors (Lipinski definition) is 9. The molecule has 1 aromatic heterocycles. The highest BCUT2D eigenvalue weighted by Crippen LogP contribution is 2.56. The van der Waals surface area contributed by atoms with Gasteiger partial charge in [-0.3, -0.25) is 33.6 Å². The molecule has 4 saturated heterocycles. The Labute approximate surface area is 596 Å².